The molecule has 0 bridgehead atoms. The molecule has 2 heterocycles. The van der Waals surface area contributed by atoms with E-state index in [-0.39, 0.29) is 32.7 Å². The van der Waals surface area contributed by atoms with E-state index in [1.165, 1.54) is 37.9 Å². The second-order valence-corrected chi connectivity index (χ2v) is 14.5. The van der Waals surface area contributed by atoms with Gasteiger partial charge in [-0.25, -0.2) is 0 Å². The minimum Gasteiger partial charge on any atom is -0.497 e. The Balaban J connectivity index is 0.00000486. The summed E-state index contributed by atoms with van der Waals surface area (Å²) < 4.78 is 14.7. The van der Waals surface area contributed by atoms with Crippen molar-refractivity contribution in [1.29, 1.82) is 0 Å². The topological polar surface area (TPSA) is 28.8 Å². The normalized spacial score (nSPS) is 13.3. The van der Waals surface area contributed by atoms with Crippen LogP contribution in [0.5, 0.6) is 11.5 Å². The smallest absolute Gasteiger partial charge is 0.282 e. The quantitative estimate of drug-likeness (QED) is 0.0833. The van der Waals surface area contributed by atoms with Gasteiger partial charge in [-0.3, -0.25) is 4.90 Å². The van der Waals surface area contributed by atoms with Crippen molar-refractivity contribution in [2.75, 3.05) is 64.8 Å². The van der Waals surface area contributed by atoms with Crippen molar-refractivity contribution in [3.63, 3.8) is 0 Å². The zero-order chi connectivity index (χ0) is 34.4. The molecule has 0 spiro atoms. The van der Waals surface area contributed by atoms with Gasteiger partial charge < -0.3 is 18.9 Å². The molecule has 1 aliphatic rings. The van der Waals surface area contributed by atoms with Gasteiger partial charge in [0.1, 0.15) is 29.2 Å². The number of nitrogens with zero attached hydrogens (tertiary/aromatic N) is 4. The van der Waals surface area contributed by atoms with Crippen molar-refractivity contribution in [3.05, 3.63) is 119 Å². The third kappa shape index (κ3) is 8.74. The van der Waals surface area contributed by atoms with Crippen LogP contribution in [0.4, 0.5) is 11.5 Å². The monoisotopic (exact) mass is 763 g/mol. The summed E-state index contributed by atoms with van der Waals surface area (Å²) in [6.45, 7) is 6.24. The molecule has 0 saturated heterocycles. The molecule has 8 heteroatoms. The summed E-state index contributed by atoms with van der Waals surface area (Å²) in [4.78, 5) is 6.21. The number of ether oxygens (including phenoxy) is 2. The fraction of sp³-hybridized carbons (Fsp3) is 0.310. The zero-order valence-electron chi connectivity index (χ0n) is 30.4. The molecule has 0 N–H and O–H groups in total. The number of rotatable bonds is 14. The van der Waals surface area contributed by atoms with Crippen LogP contribution in [-0.2, 0) is 39.3 Å². The number of aromatic nitrogens is 1. The van der Waals surface area contributed by atoms with Gasteiger partial charge in [-0.15, -0.1) is 0 Å². The van der Waals surface area contributed by atoms with Gasteiger partial charge in [-0.1, -0.05) is 67.6 Å². The van der Waals surface area contributed by atoms with Crippen LogP contribution in [0.15, 0.2) is 113 Å². The van der Waals surface area contributed by atoms with Gasteiger partial charge in [0.2, 0.25) is 0 Å². The molecule has 50 heavy (non-hydrogen) atoms. The third-order valence-corrected chi connectivity index (χ3v) is 10.5. The van der Waals surface area contributed by atoms with E-state index in [9.17, 15) is 0 Å². The number of benzene rings is 4. The van der Waals surface area contributed by atoms with Gasteiger partial charge in [-0.2, -0.15) is 4.57 Å². The van der Waals surface area contributed by atoms with E-state index in [0.717, 1.165) is 72.6 Å². The summed E-state index contributed by atoms with van der Waals surface area (Å²) in [5.41, 5.74) is 6.03. The standard InChI is InChI=1S/C42H50N4O2S.Y/c1-7-8-24-44(25-15-26-46(3,4)31-32-16-14-19-35(27-32)47-5)41-28-33(29-42-43(2)38-20-12-13-21-40(38)49-42)37-23-22-36(48-6)30-39(37)45(41)34-17-10-9-11-18-34;/h9-14,16-23,27-30H,7-8,15,24-26,31H2,1-6H3;/q+2;. The van der Waals surface area contributed by atoms with Crippen LogP contribution in [0.25, 0.3) is 22.7 Å². The number of pyridine rings is 1. The van der Waals surface area contributed by atoms with Gasteiger partial charge in [0.15, 0.2) is 0 Å². The summed E-state index contributed by atoms with van der Waals surface area (Å²) in [5.74, 6) is 2.97. The molecule has 6 nitrogen and oxygen atoms in total. The largest absolute Gasteiger partial charge is 0.497 e. The minimum atomic E-state index is 0. The molecule has 6 rings (SSSR count). The minimum absolute atomic E-state index is 0. The molecule has 0 fully saturated rings. The van der Waals surface area contributed by atoms with E-state index in [2.05, 4.69) is 146 Å². The number of methoxy groups -OCH3 is 2. The van der Waals surface area contributed by atoms with Crippen LogP contribution in [0.2, 0.25) is 0 Å². The number of quaternary nitrogens is 1. The number of para-hydroxylation sites is 2. The summed E-state index contributed by atoms with van der Waals surface area (Å²) in [7, 11) is 10.3. The fourth-order valence-electron chi connectivity index (χ4n) is 6.78. The molecular weight excluding hydrogens is 713 g/mol. The first-order chi connectivity index (χ1) is 23.8. The van der Waals surface area contributed by atoms with Crippen LogP contribution >= 0.6 is 11.8 Å². The Bertz CT molecular complexity index is 1930. The zero-order valence-corrected chi connectivity index (χ0v) is 34.1. The Hall–Kier alpha value is -3.36. The maximum Gasteiger partial charge on any atom is 0.282 e. The SMILES string of the molecule is CCCCN(CCC[N+](C)(C)Cc1cccc(OC)c1)c1cc(C=C2Sc3ccccc3N2C)c2ccc(OC)cc2[n+]1-c1ccccc1.[Y]. The average Bonchev–Trinajstić information content (AvgIpc) is 3.43. The van der Waals surface area contributed by atoms with Crippen molar-refractivity contribution in [2.45, 2.75) is 37.6 Å². The molecule has 0 atom stereocenters. The maximum absolute atomic E-state index is 5.81. The van der Waals surface area contributed by atoms with E-state index in [1.54, 1.807) is 14.2 Å². The van der Waals surface area contributed by atoms with Gasteiger partial charge in [0.25, 0.3) is 5.82 Å². The van der Waals surface area contributed by atoms with Gasteiger partial charge in [0, 0.05) is 74.2 Å². The van der Waals surface area contributed by atoms with Crippen LogP contribution in [0, 0.1) is 0 Å². The summed E-state index contributed by atoms with van der Waals surface area (Å²) in [6.07, 6.45) is 5.69. The first-order valence-electron chi connectivity index (χ1n) is 17.3. The summed E-state index contributed by atoms with van der Waals surface area (Å²) in [5, 5.41) is 2.41. The fourth-order valence-corrected chi connectivity index (χ4v) is 7.88. The number of anilines is 2. The Morgan fingerprint density at radius 3 is 2.28 bits per heavy atom. The van der Waals surface area contributed by atoms with Crippen molar-refractivity contribution < 1.29 is 51.2 Å². The molecule has 5 aromatic rings. The number of thioether (sulfide) groups is 1. The predicted octanol–water partition coefficient (Wildman–Crippen LogP) is 8.94. The number of hydrogen-bond acceptors (Lipinski definition) is 5. The Labute approximate surface area is 328 Å². The predicted molar refractivity (Wildman–Crippen MR) is 206 cm³/mol. The van der Waals surface area contributed by atoms with Crippen LogP contribution in [-0.4, -0.2) is 59.5 Å². The van der Waals surface area contributed by atoms with Crippen molar-refractivity contribution in [1.82, 2.24) is 0 Å². The van der Waals surface area contributed by atoms with E-state index in [0.29, 0.717) is 0 Å². The molecule has 4 aromatic carbocycles. The van der Waals surface area contributed by atoms with Crippen molar-refractivity contribution in [2.24, 2.45) is 0 Å². The summed E-state index contributed by atoms with van der Waals surface area (Å²) in [6, 6.07) is 36.8. The van der Waals surface area contributed by atoms with Crippen LogP contribution in [0.1, 0.15) is 37.3 Å². The Morgan fingerprint density at radius 1 is 0.820 bits per heavy atom. The van der Waals surface area contributed by atoms with E-state index in [4.69, 9.17) is 9.47 Å². The van der Waals surface area contributed by atoms with Gasteiger partial charge in [-0.05, 0) is 66.6 Å². The van der Waals surface area contributed by atoms with E-state index >= 15 is 0 Å². The molecule has 0 saturated carbocycles. The van der Waals surface area contributed by atoms with Crippen molar-refractivity contribution >= 4 is 40.2 Å². The van der Waals surface area contributed by atoms with Gasteiger partial charge in [0.05, 0.1) is 58.7 Å². The van der Waals surface area contributed by atoms with Crippen molar-refractivity contribution in [3.8, 4) is 17.2 Å². The Kier molecular flexibility index (Phi) is 13.1. The molecule has 0 unspecified atom stereocenters. The maximum atomic E-state index is 5.81. The van der Waals surface area contributed by atoms with Crippen LogP contribution in [0.3, 0.4) is 0 Å². The first kappa shape index (κ1) is 37.9. The molecule has 0 aliphatic carbocycles. The number of unbranched alkanes of at least 4 members (excludes halogenated alkanes) is 1. The number of fused-ring (bicyclic) bond motifs is 2. The van der Waals surface area contributed by atoms with E-state index in [1.807, 2.05) is 17.8 Å². The molecule has 0 amide bonds. The van der Waals surface area contributed by atoms with Crippen LogP contribution < -0.4 is 23.8 Å². The van der Waals surface area contributed by atoms with Gasteiger partial charge >= 0.3 is 0 Å². The second kappa shape index (κ2) is 17.2. The Morgan fingerprint density at radius 2 is 1.54 bits per heavy atom. The molecule has 1 aromatic heterocycles. The average molecular weight is 764 g/mol. The first-order valence-corrected chi connectivity index (χ1v) is 18.2. The van der Waals surface area contributed by atoms with E-state index < -0.39 is 0 Å². The third-order valence-electron chi connectivity index (χ3n) is 9.38. The number of hydrogen-bond donors (Lipinski definition) is 0. The molecule has 257 valence electrons. The molecular formula is C42H50N4O2SY+2. The molecule has 1 aliphatic heterocycles. The summed E-state index contributed by atoms with van der Waals surface area (Å²) >= 11 is 1.84. The second-order valence-electron chi connectivity index (χ2n) is 13.5. The molecule has 1 radical (unpaired) electrons.